The van der Waals surface area contributed by atoms with Crippen LogP contribution in [0.2, 0.25) is 0 Å². The van der Waals surface area contributed by atoms with Gasteiger partial charge in [0.05, 0.1) is 0 Å². The molecule has 1 saturated carbocycles. The van der Waals surface area contributed by atoms with E-state index in [1.54, 1.807) is 0 Å². The Kier molecular flexibility index (Phi) is 5.90. The fourth-order valence-electron chi connectivity index (χ4n) is 4.12. The van der Waals surface area contributed by atoms with Crippen molar-refractivity contribution in [2.24, 2.45) is 0 Å². The van der Waals surface area contributed by atoms with Crippen molar-refractivity contribution in [2.45, 2.75) is 56.9 Å². The van der Waals surface area contributed by atoms with Gasteiger partial charge < -0.3 is 0 Å². The molecule has 31 heavy (non-hydrogen) atoms. The summed E-state index contributed by atoms with van der Waals surface area (Å²) in [7, 11) is -0.428. The summed E-state index contributed by atoms with van der Waals surface area (Å²) in [5.74, 6) is 1.33. The van der Waals surface area contributed by atoms with Gasteiger partial charge in [0.1, 0.15) is 0 Å². The Morgan fingerprint density at radius 2 is 2.06 bits per heavy atom. The van der Waals surface area contributed by atoms with Crippen molar-refractivity contribution >= 4 is 40.4 Å². The Labute approximate surface area is 197 Å². The molecule has 1 N–H and O–H groups in total. The van der Waals surface area contributed by atoms with Gasteiger partial charge in [-0.15, -0.1) is 0 Å². The molecule has 0 saturated heterocycles. The normalized spacial score (nSPS) is 16.1. The van der Waals surface area contributed by atoms with E-state index in [1.165, 1.54) is 34.8 Å². The minimum absolute atomic E-state index is 0.428. The number of aryl methyl sites for hydroxylation is 1. The summed E-state index contributed by atoms with van der Waals surface area (Å²) in [4.78, 5) is 4.90. The van der Waals surface area contributed by atoms with E-state index in [4.69, 9.17) is 4.98 Å². The minimum atomic E-state index is -0.428. The molecule has 2 atom stereocenters. The molecule has 7 heteroatoms. The summed E-state index contributed by atoms with van der Waals surface area (Å²) in [6.07, 6.45) is 3.82. The van der Waals surface area contributed by atoms with Crippen LogP contribution >= 0.6 is 18.5 Å². The molecule has 2 heterocycles. The van der Waals surface area contributed by atoms with E-state index < -0.39 is 7.12 Å². The first-order chi connectivity index (χ1) is 15.0. The zero-order valence-electron chi connectivity index (χ0n) is 18.4. The van der Waals surface area contributed by atoms with Gasteiger partial charge in [-0.1, -0.05) is 0 Å². The number of nitrogens with one attached hydrogen (secondary N) is 1. The van der Waals surface area contributed by atoms with Crippen molar-refractivity contribution in [2.75, 3.05) is 6.66 Å². The fraction of sp³-hybridized carbons (Fsp3) is 0.375. The summed E-state index contributed by atoms with van der Waals surface area (Å²) in [6.45, 7) is 9.10. The molecule has 0 amide bonds. The Morgan fingerprint density at radius 1 is 1.26 bits per heavy atom. The second-order valence-electron chi connectivity index (χ2n) is 8.61. The summed E-state index contributed by atoms with van der Waals surface area (Å²) < 4.78 is 3.04. The molecule has 1 aliphatic rings. The molecule has 0 radical (unpaired) electrons. The predicted molar refractivity (Wildman–Crippen MR) is 128 cm³/mol. The van der Waals surface area contributed by atoms with Crippen LogP contribution in [0.4, 0.5) is 0 Å². The molecule has 159 valence electrons. The molecule has 0 bridgehead atoms. The number of hydrogen-bond acceptors (Lipinski definition) is 3. The van der Waals surface area contributed by atoms with E-state index in [0.29, 0.717) is 5.92 Å². The van der Waals surface area contributed by atoms with Gasteiger partial charge in [-0.3, -0.25) is 0 Å². The van der Waals surface area contributed by atoms with Crippen molar-refractivity contribution in [3.8, 4) is 0 Å². The summed E-state index contributed by atoms with van der Waals surface area (Å²) in [5, 5.41) is 11.5. The van der Waals surface area contributed by atoms with Crippen LogP contribution < -0.4 is 5.30 Å². The number of aromatic amines is 1. The van der Waals surface area contributed by atoms with Gasteiger partial charge in [-0.25, -0.2) is 0 Å². The Balaban J connectivity index is 1.52. The molecule has 2 aromatic heterocycles. The van der Waals surface area contributed by atoms with Gasteiger partial charge in [0.25, 0.3) is 0 Å². The van der Waals surface area contributed by atoms with Gasteiger partial charge >= 0.3 is 198 Å². The van der Waals surface area contributed by atoms with Crippen molar-refractivity contribution in [1.82, 2.24) is 19.8 Å². The third-order valence-electron chi connectivity index (χ3n) is 6.38. The maximum absolute atomic E-state index is 4.90. The number of rotatable bonds is 6. The van der Waals surface area contributed by atoms with E-state index in [-0.39, 0.29) is 0 Å². The van der Waals surface area contributed by atoms with E-state index >= 15 is 0 Å². The van der Waals surface area contributed by atoms with Crippen LogP contribution in [0.3, 0.4) is 0 Å². The molecule has 4 nitrogen and oxygen atoms in total. The van der Waals surface area contributed by atoms with Crippen LogP contribution in [0.15, 0.2) is 41.4 Å². The first kappa shape index (κ1) is 21.5. The quantitative estimate of drug-likeness (QED) is 0.320. The number of H-pyrrole nitrogens is 1. The average Bonchev–Trinajstić information content (AvgIpc) is 3.55. The SMILES string of the molecule is CCC(C)c1ccc2[c](=[V])nc3c(SP(C)c4ccc(C5CC5)cc4C)n[nH]n3c2c1. The monoisotopic (exact) mass is 485 g/mol. The third-order valence-corrected chi connectivity index (χ3v) is 10.7. The second kappa shape index (κ2) is 8.52. The number of benzene rings is 2. The molecule has 4 aromatic rings. The zero-order valence-corrected chi connectivity index (χ0v) is 21.5. The fourth-order valence-corrected chi connectivity index (χ4v) is 8.12. The van der Waals surface area contributed by atoms with E-state index in [1.807, 2.05) is 15.9 Å². The summed E-state index contributed by atoms with van der Waals surface area (Å²) in [5.41, 5.74) is 6.32. The standard InChI is InChI=1S/C24H27N4PS.V/c1-5-15(2)18-8-9-20-14-25-23-24(26-27-28(23)21(20)13-18)30-29(4)22-11-10-19(12-16(22)3)17-6-7-17;/h8-13,15,17,27H,5-7H2,1-4H3;. The molecular formula is C24H27N4PSV. The van der Waals surface area contributed by atoms with Crippen molar-refractivity contribution in [3.63, 3.8) is 0 Å². The average molecular weight is 485 g/mol. The molecule has 2 aromatic carbocycles. The van der Waals surface area contributed by atoms with Crippen LogP contribution in [0.5, 0.6) is 0 Å². The van der Waals surface area contributed by atoms with E-state index in [0.717, 1.165) is 37.9 Å². The van der Waals surface area contributed by atoms with Gasteiger partial charge in [0.15, 0.2) is 0 Å². The first-order valence-corrected chi connectivity index (χ1v) is 14.8. The molecular weight excluding hydrogens is 458 g/mol. The zero-order chi connectivity index (χ0) is 21.7. The van der Waals surface area contributed by atoms with Gasteiger partial charge in [-0.05, 0) is 0 Å². The maximum atomic E-state index is 4.90. The number of aromatic nitrogens is 4. The van der Waals surface area contributed by atoms with Gasteiger partial charge in [-0.2, -0.15) is 0 Å². The molecule has 2 unspecified atom stereocenters. The topological polar surface area (TPSA) is 46.0 Å². The molecule has 1 fully saturated rings. The Hall–Kier alpha value is -1.39. The number of hydrogen-bond donors (Lipinski definition) is 1. The van der Waals surface area contributed by atoms with Gasteiger partial charge in [0.2, 0.25) is 0 Å². The molecule has 0 aliphatic heterocycles. The second-order valence-corrected chi connectivity index (χ2v) is 13.5. The van der Waals surface area contributed by atoms with Crippen LogP contribution in [-0.4, -0.2) is 26.5 Å². The Morgan fingerprint density at radius 3 is 2.77 bits per heavy atom. The predicted octanol–water partition coefficient (Wildman–Crippen LogP) is 6.43. The summed E-state index contributed by atoms with van der Waals surface area (Å²) >= 11 is 4.47. The first-order valence-electron chi connectivity index (χ1n) is 10.9. The molecule has 5 rings (SSSR count). The van der Waals surface area contributed by atoms with Crippen molar-refractivity contribution < 1.29 is 17.0 Å². The van der Waals surface area contributed by atoms with Crippen LogP contribution in [-0.2, 0) is 17.0 Å². The number of nitrogens with zero attached hydrogens (tertiary/aromatic N) is 3. The Bertz CT molecular complexity index is 1340. The van der Waals surface area contributed by atoms with Gasteiger partial charge in [0, 0.05) is 0 Å². The van der Waals surface area contributed by atoms with Crippen LogP contribution in [0.1, 0.15) is 61.6 Å². The van der Waals surface area contributed by atoms with E-state index in [9.17, 15) is 0 Å². The number of fused-ring (bicyclic) bond motifs is 3. The van der Waals surface area contributed by atoms with Crippen LogP contribution in [0, 0.1) is 10.9 Å². The molecule has 0 spiro atoms. The van der Waals surface area contributed by atoms with Crippen LogP contribution in [0.25, 0.3) is 16.6 Å². The summed E-state index contributed by atoms with van der Waals surface area (Å²) in [6, 6.07) is 13.8. The van der Waals surface area contributed by atoms with E-state index in [2.05, 4.69) is 91.1 Å². The third kappa shape index (κ3) is 4.06. The van der Waals surface area contributed by atoms with Crippen molar-refractivity contribution in [3.05, 3.63) is 57.1 Å². The molecule has 1 aliphatic carbocycles. The van der Waals surface area contributed by atoms with Crippen molar-refractivity contribution in [1.29, 1.82) is 0 Å².